The fourth-order valence-electron chi connectivity index (χ4n) is 1.21. The highest BCUT2D eigenvalue weighted by Crippen LogP contribution is 2.33. The zero-order chi connectivity index (χ0) is 14.6. The van der Waals surface area contributed by atoms with Gasteiger partial charge in [0.1, 0.15) is 4.90 Å². The number of hydrogen-bond acceptors (Lipinski definition) is 5. The summed E-state index contributed by atoms with van der Waals surface area (Å²) in [6, 6.07) is 1.08. The lowest BCUT2D eigenvalue weighted by molar-refractivity contribution is -0.385. The minimum absolute atomic E-state index is 0.0851. The van der Waals surface area contributed by atoms with Crippen LogP contribution in [-0.4, -0.2) is 26.6 Å². The summed E-state index contributed by atoms with van der Waals surface area (Å²) < 4.78 is 52.7. The molecule has 0 unspecified atom stereocenters. The van der Waals surface area contributed by atoms with E-state index in [1.54, 1.807) is 0 Å². The fourth-order valence-corrected chi connectivity index (χ4v) is 2.19. The third-order valence-electron chi connectivity index (χ3n) is 1.99. The molecule has 0 N–H and O–H groups in total. The summed E-state index contributed by atoms with van der Waals surface area (Å²) in [6.07, 6.45) is -0.0851. The van der Waals surface area contributed by atoms with Gasteiger partial charge in [0.25, 0.3) is 14.7 Å². The van der Waals surface area contributed by atoms with Crippen molar-refractivity contribution in [1.29, 1.82) is 0 Å². The second-order valence-corrected chi connectivity index (χ2v) is 5.88. The van der Waals surface area contributed by atoms with Crippen molar-refractivity contribution in [3.05, 3.63) is 28.1 Å². The molecule has 0 fully saturated rings. The first-order valence-electron chi connectivity index (χ1n) is 4.88. The van der Waals surface area contributed by atoms with Crippen molar-refractivity contribution in [3.8, 4) is 5.75 Å². The van der Waals surface area contributed by atoms with Gasteiger partial charge in [-0.05, 0) is 0 Å². The van der Waals surface area contributed by atoms with E-state index in [9.17, 15) is 27.3 Å². The maximum Gasteiger partial charge on any atom is 0.273 e. The summed E-state index contributed by atoms with van der Waals surface area (Å²) in [5, 5.41) is 10.5. The second kappa shape index (κ2) is 6.11. The van der Waals surface area contributed by atoms with Gasteiger partial charge in [-0.1, -0.05) is 0 Å². The van der Waals surface area contributed by atoms with Crippen molar-refractivity contribution in [2.75, 3.05) is 13.3 Å². The largest absolute Gasteiger partial charge is 0.489 e. The van der Waals surface area contributed by atoms with E-state index in [4.69, 9.17) is 15.4 Å². The maximum atomic E-state index is 13.6. The molecule has 0 aromatic heterocycles. The zero-order valence-electron chi connectivity index (χ0n) is 9.31. The van der Waals surface area contributed by atoms with E-state index in [1.165, 1.54) is 0 Å². The highest BCUT2D eigenvalue weighted by atomic mass is 35.7. The molecule has 1 aromatic rings. The standard InChI is InChI=1S/C9H8ClF2NO5S/c10-19(16,17)8-5-6(13(14)15)4-7(12)9(8)18-3-1-2-11/h4-5H,1-3H2. The molecule has 1 aromatic carbocycles. The summed E-state index contributed by atoms with van der Waals surface area (Å²) >= 11 is 0. The van der Waals surface area contributed by atoms with E-state index in [1.807, 2.05) is 0 Å². The van der Waals surface area contributed by atoms with Crippen molar-refractivity contribution < 1.29 is 26.9 Å². The Balaban J connectivity index is 3.32. The molecule has 0 aliphatic rings. The van der Waals surface area contributed by atoms with Crippen LogP contribution in [-0.2, 0) is 9.05 Å². The average Bonchev–Trinajstić information content (AvgIpc) is 2.29. The van der Waals surface area contributed by atoms with E-state index >= 15 is 0 Å². The lowest BCUT2D eigenvalue weighted by Gasteiger charge is -2.09. The number of alkyl halides is 1. The minimum atomic E-state index is -4.44. The molecule has 0 saturated carbocycles. The Kier molecular flexibility index (Phi) is 5.01. The Bertz CT molecular complexity index is 593. The number of benzene rings is 1. The molecular weight excluding hydrogens is 308 g/mol. The molecule has 106 valence electrons. The Labute approximate surface area is 111 Å². The maximum absolute atomic E-state index is 13.6. The average molecular weight is 316 g/mol. The molecule has 0 radical (unpaired) electrons. The Hall–Kier alpha value is -1.48. The summed E-state index contributed by atoms with van der Waals surface area (Å²) in [6.45, 7) is -1.03. The third-order valence-corrected chi connectivity index (χ3v) is 3.32. The van der Waals surface area contributed by atoms with Gasteiger partial charge in [0.05, 0.1) is 24.3 Å². The Morgan fingerprint density at radius 1 is 1.42 bits per heavy atom. The van der Waals surface area contributed by atoms with Crippen molar-refractivity contribution in [3.63, 3.8) is 0 Å². The van der Waals surface area contributed by atoms with E-state index in [-0.39, 0.29) is 13.0 Å². The van der Waals surface area contributed by atoms with Gasteiger partial charge in [-0.25, -0.2) is 12.8 Å². The lowest BCUT2D eigenvalue weighted by atomic mass is 10.3. The highest BCUT2D eigenvalue weighted by molar-refractivity contribution is 8.13. The van der Waals surface area contributed by atoms with Crippen LogP contribution in [0.2, 0.25) is 0 Å². The van der Waals surface area contributed by atoms with Gasteiger partial charge in [-0.15, -0.1) is 0 Å². The van der Waals surface area contributed by atoms with Crippen LogP contribution in [0.3, 0.4) is 0 Å². The molecule has 0 aliphatic heterocycles. The summed E-state index contributed by atoms with van der Waals surface area (Å²) in [5.74, 6) is -2.01. The smallest absolute Gasteiger partial charge is 0.273 e. The van der Waals surface area contributed by atoms with Gasteiger partial charge < -0.3 is 4.74 Å². The highest BCUT2D eigenvalue weighted by Gasteiger charge is 2.25. The van der Waals surface area contributed by atoms with Crippen molar-refractivity contribution in [1.82, 2.24) is 0 Å². The monoisotopic (exact) mass is 315 g/mol. The van der Waals surface area contributed by atoms with E-state index < -0.39 is 42.8 Å². The molecule has 0 atom stereocenters. The quantitative estimate of drug-likeness (QED) is 0.348. The van der Waals surface area contributed by atoms with Gasteiger partial charge in [-0.2, -0.15) is 0 Å². The third kappa shape index (κ3) is 4.00. The van der Waals surface area contributed by atoms with E-state index in [0.29, 0.717) is 12.1 Å². The molecule has 0 bridgehead atoms. The molecular formula is C9H8ClF2NO5S. The minimum Gasteiger partial charge on any atom is -0.489 e. The predicted octanol–water partition coefficient (Wildman–Crippen LogP) is 2.40. The summed E-state index contributed by atoms with van der Waals surface area (Å²) in [4.78, 5) is 8.68. The first-order valence-corrected chi connectivity index (χ1v) is 7.19. The normalized spacial score (nSPS) is 11.3. The number of hydrogen-bond donors (Lipinski definition) is 0. The second-order valence-electron chi connectivity index (χ2n) is 3.34. The predicted molar refractivity (Wildman–Crippen MR) is 62.2 cm³/mol. The molecule has 0 spiro atoms. The molecule has 10 heteroatoms. The number of rotatable bonds is 6. The van der Waals surface area contributed by atoms with Crippen LogP contribution in [0.15, 0.2) is 17.0 Å². The first kappa shape index (κ1) is 15.6. The first-order chi connectivity index (χ1) is 8.77. The van der Waals surface area contributed by atoms with Crippen molar-refractivity contribution >= 4 is 25.4 Å². The molecule has 6 nitrogen and oxygen atoms in total. The molecule has 0 aliphatic carbocycles. The van der Waals surface area contributed by atoms with Gasteiger partial charge in [-0.3, -0.25) is 14.5 Å². The number of nitrogens with zero attached hydrogens (tertiary/aromatic N) is 1. The van der Waals surface area contributed by atoms with Crippen molar-refractivity contribution in [2.24, 2.45) is 0 Å². The van der Waals surface area contributed by atoms with Crippen LogP contribution in [0, 0.1) is 15.9 Å². The number of non-ortho nitro benzene ring substituents is 1. The molecule has 1 rings (SSSR count). The van der Waals surface area contributed by atoms with Gasteiger partial charge >= 0.3 is 0 Å². The number of nitro groups is 1. The molecule has 0 saturated heterocycles. The van der Waals surface area contributed by atoms with Crippen LogP contribution in [0.25, 0.3) is 0 Å². The van der Waals surface area contributed by atoms with Crippen LogP contribution in [0.1, 0.15) is 6.42 Å². The summed E-state index contributed by atoms with van der Waals surface area (Å²) in [5.41, 5.74) is -0.783. The topological polar surface area (TPSA) is 86.5 Å². The fraction of sp³-hybridized carbons (Fsp3) is 0.333. The van der Waals surface area contributed by atoms with Gasteiger partial charge in [0, 0.05) is 23.2 Å². The SMILES string of the molecule is O=[N+]([O-])c1cc(F)c(OCCCF)c(S(=O)(=O)Cl)c1. The summed E-state index contributed by atoms with van der Waals surface area (Å²) in [7, 11) is 0.614. The lowest BCUT2D eigenvalue weighted by Crippen LogP contribution is -2.06. The van der Waals surface area contributed by atoms with E-state index in [0.717, 1.165) is 0 Å². The van der Waals surface area contributed by atoms with Crippen LogP contribution in [0.4, 0.5) is 14.5 Å². The molecule has 19 heavy (non-hydrogen) atoms. The Morgan fingerprint density at radius 3 is 2.53 bits per heavy atom. The number of halogens is 3. The van der Waals surface area contributed by atoms with E-state index in [2.05, 4.69) is 0 Å². The van der Waals surface area contributed by atoms with Crippen LogP contribution >= 0.6 is 10.7 Å². The zero-order valence-corrected chi connectivity index (χ0v) is 10.9. The number of ether oxygens (including phenoxy) is 1. The van der Waals surface area contributed by atoms with Gasteiger partial charge in [0.15, 0.2) is 11.6 Å². The number of nitro benzene ring substituents is 1. The molecule has 0 heterocycles. The van der Waals surface area contributed by atoms with Crippen LogP contribution < -0.4 is 4.74 Å². The van der Waals surface area contributed by atoms with Crippen molar-refractivity contribution in [2.45, 2.75) is 11.3 Å². The van der Waals surface area contributed by atoms with Gasteiger partial charge in [0.2, 0.25) is 0 Å². The Morgan fingerprint density at radius 2 is 2.05 bits per heavy atom. The molecule has 0 amide bonds. The van der Waals surface area contributed by atoms with Crippen LogP contribution in [0.5, 0.6) is 5.75 Å².